The van der Waals surface area contributed by atoms with Crippen molar-refractivity contribution >= 4 is 11.0 Å². The minimum Gasteiger partial charge on any atom is -0.497 e. The molecule has 0 saturated heterocycles. The average Bonchev–Trinajstić information content (AvgIpc) is 3.12. The van der Waals surface area contributed by atoms with E-state index in [2.05, 4.69) is 54.0 Å². The van der Waals surface area contributed by atoms with Crippen LogP contribution in [-0.4, -0.2) is 23.3 Å². The van der Waals surface area contributed by atoms with Crippen LogP contribution in [0.4, 0.5) is 0 Å². The van der Waals surface area contributed by atoms with Crippen molar-refractivity contribution in [1.82, 2.24) is 9.55 Å². The van der Waals surface area contributed by atoms with Crippen LogP contribution >= 0.6 is 0 Å². The number of hydrogen-bond acceptors (Lipinski definition) is 3. The lowest BCUT2D eigenvalue weighted by Crippen LogP contribution is -2.07. The summed E-state index contributed by atoms with van der Waals surface area (Å²) in [6, 6.07) is 24.8. The van der Waals surface area contributed by atoms with Crippen molar-refractivity contribution in [1.29, 1.82) is 0 Å². The highest BCUT2D eigenvalue weighted by atomic mass is 16.5. The fourth-order valence-corrected chi connectivity index (χ4v) is 3.63. The number of para-hydroxylation sites is 2. The quantitative estimate of drug-likeness (QED) is 0.333. The van der Waals surface area contributed by atoms with Crippen LogP contribution in [0.1, 0.15) is 29.8 Å². The van der Waals surface area contributed by atoms with Gasteiger partial charge in [-0.3, -0.25) is 0 Å². The van der Waals surface area contributed by atoms with Crippen LogP contribution in [0.3, 0.4) is 0 Å². The number of imidazole rings is 1. The number of aromatic nitrogens is 2. The maximum absolute atomic E-state index is 5.88. The van der Waals surface area contributed by atoms with E-state index >= 15 is 0 Å². The molecule has 0 spiro atoms. The average molecular weight is 401 g/mol. The van der Waals surface area contributed by atoms with Crippen LogP contribution in [0.5, 0.6) is 11.5 Å². The van der Waals surface area contributed by atoms with E-state index in [1.165, 1.54) is 16.6 Å². The van der Waals surface area contributed by atoms with Gasteiger partial charge < -0.3 is 14.0 Å². The highest BCUT2D eigenvalue weighted by molar-refractivity contribution is 5.76. The van der Waals surface area contributed by atoms with E-state index < -0.39 is 0 Å². The third-order valence-corrected chi connectivity index (χ3v) is 5.32. The molecule has 0 radical (unpaired) electrons. The third kappa shape index (κ3) is 4.82. The van der Waals surface area contributed by atoms with Gasteiger partial charge in [0.15, 0.2) is 0 Å². The molecule has 154 valence electrons. The zero-order valence-electron chi connectivity index (χ0n) is 17.7. The molecule has 30 heavy (non-hydrogen) atoms. The molecule has 1 aromatic heterocycles. The fraction of sp³-hybridized carbons (Fsp3) is 0.269. The minimum absolute atomic E-state index is 0.726. The van der Waals surface area contributed by atoms with Crippen molar-refractivity contribution in [2.24, 2.45) is 0 Å². The Morgan fingerprint density at radius 1 is 0.833 bits per heavy atom. The molecule has 0 fully saturated rings. The van der Waals surface area contributed by atoms with Gasteiger partial charge in [-0.05, 0) is 61.7 Å². The minimum atomic E-state index is 0.726. The lowest BCUT2D eigenvalue weighted by molar-refractivity contribution is 0.303. The Labute approximate surface area is 178 Å². The molecule has 0 amide bonds. The zero-order valence-corrected chi connectivity index (χ0v) is 17.7. The molecule has 0 N–H and O–H groups in total. The summed E-state index contributed by atoms with van der Waals surface area (Å²) in [6.45, 7) is 3.75. The molecule has 0 aliphatic carbocycles. The predicted octanol–water partition coefficient (Wildman–Crippen LogP) is 5.80. The molecule has 3 aromatic carbocycles. The monoisotopic (exact) mass is 400 g/mol. The second kappa shape index (κ2) is 9.49. The van der Waals surface area contributed by atoms with Crippen LogP contribution in [-0.2, 0) is 13.0 Å². The van der Waals surface area contributed by atoms with Gasteiger partial charge in [-0.15, -0.1) is 0 Å². The molecule has 1 heterocycles. The van der Waals surface area contributed by atoms with E-state index in [4.69, 9.17) is 14.5 Å². The summed E-state index contributed by atoms with van der Waals surface area (Å²) < 4.78 is 13.5. The van der Waals surface area contributed by atoms with Crippen LogP contribution < -0.4 is 9.47 Å². The third-order valence-electron chi connectivity index (χ3n) is 5.32. The highest BCUT2D eigenvalue weighted by Crippen LogP contribution is 2.21. The number of fused-ring (bicyclic) bond motifs is 1. The number of rotatable bonds is 9. The molecule has 0 atom stereocenters. The molecule has 4 nitrogen and oxygen atoms in total. The van der Waals surface area contributed by atoms with Gasteiger partial charge in [0.25, 0.3) is 0 Å². The van der Waals surface area contributed by atoms with Crippen LogP contribution in [0, 0.1) is 6.92 Å². The number of benzene rings is 3. The number of unbranched alkanes of at least 4 members (excludes halogenated alkanes) is 1. The molecular formula is C26H28N2O2. The van der Waals surface area contributed by atoms with Gasteiger partial charge in [0, 0.05) is 13.0 Å². The Morgan fingerprint density at radius 2 is 1.57 bits per heavy atom. The smallest absolute Gasteiger partial charge is 0.119 e. The largest absolute Gasteiger partial charge is 0.497 e. The SMILES string of the molecule is COc1ccc(Cc2nc3ccccc3n2CCCCOc2ccc(C)cc2)cc1. The topological polar surface area (TPSA) is 36.3 Å². The predicted molar refractivity (Wildman–Crippen MR) is 121 cm³/mol. The fourth-order valence-electron chi connectivity index (χ4n) is 3.63. The van der Waals surface area contributed by atoms with Crippen LogP contribution in [0.2, 0.25) is 0 Å². The lowest BCUT2D eigenvalue weighted by atomic mass is 10.1. The number of methoxy groups -OCH3 is 1. The summed E-state index contributed by atoms with van der Waals surface area (Å²) in [6.07, 6.45) is 2.85. The Balaban J connectivity index is 1.41. The summed E-state index contributed by atoms with van der Waals surface area (Å²) >= 11 is 0. The van der Waals surface area contributed by atoms with Crippen molar-refractivity contribution in [2.45, 2.75) is 32.7 Å². The van der Waals surface area contributed by atoms with Crippen molar-refractivity contribution in [3.8, 4) is 11.5 Å². The molecule has 0 bridgehead atoms. The van der Waals surface area contributed by atoms with Gasteiger partial charge in [-0.2, -0.15) is 0 Å². The number of hydrogen-bond donors (Lipinski definition) is 0. The van der Waals surface area contributed by atoms with Gasteiger partial charge in [-0.1, -0.05) is 42.0 Å². The Bertz CT molecular complexity index is 1080. The maximum Gasteiger partial charge on any atom is 0.119 e. The number of ether oxygens (including phenoxy) is 2. The molecule has 0 saturated carbocycles. The maximum atomic E-state index is 5.88. The van der Waals surface area contributed by atoms with Crippen molar-refractivity contribution < 1.29 is 9.47 Å². The number of aryl methyl sites for hydroxylation is 2. The van der Waals surface area contributed by atoms with Gasteiger partial charge in [0.2, 0.25) is 0 Å². The second-order valence-corrected chi connectivity index (χ2v) is 7.56. The van der Waals surface area contributed by atoms with Gasteiger partial charge >= 0.3 is 0 Å². The zero-order chi connectivity index (χ0) is 20.8. The van der Waals surface area contributed by atoms with E-state index in [9.17, 15) is 0 Å². The van der Waals surface area contributed by atoms with Crippen molar-refractivity contribution in [2.75, 3.05) is 13.7 Å². The summed E-state index contributed by atoms with van der Waals surface area (Å²) in [7, 11) is 1.69. The molecule has 0 aliphatic heterocycles. The van der Waals surface area contributed by atoms with Gasteiger partial charge in [0.1, 0.15) is 17.3 Å². The normalized spacial score (nSPS) is 11.0. The van der Waals surface area contributed by atoms with Crippen molar-refractivity contribution in [3.63, 3.8) is 0 Å². The van der Waals surface area contributed by atoms with E-state index in [1.807, 2.05) is 30.3 Å². The number of nitrogens with zero attached hydrogens (tertiary/aromatic N) is 2. The van der Waals surface area contributed by atoms with Gasteiger partial charge in [-0.25, -0.2) is 4.98 Å². The first-order valence-corrected chi connectivity index (χ1v) is 10.5. The van der Waals surface area contributed by atoms with E-state index in [0.717, 1.165) is 55.3 Å². The Kier molecular flexibility index (Phi) is 6.33. The first kappa shape index (κ1) is 20.0. The first-order valence-electron chi connectivity index (χ1n) is 10.5. The van der Waals surface area contributed by atoms with E-state index in [0.29, 0.717) is 0 Å². The molecular weight excluding hydrogens is 372 g/mol. The van der Waals surface area contributed by atoms with E-state index in [-0.39, 0.29) is 0 Å². The first-order chi connectivity index (χ1) is 14.7. The molecule has 4 aromatic rings. The summed E-state index contributed by atoms with van der Waals surface area (Å²) in [5.41, 5.74) is 4.73. The van der Waals surface area contributed by atoms with Gasteiger partial charge in [0.05, 0.1) is 24.8 Å². The Hall–Kier alpha value is -3.27. The highest BCUT2D eigenvalue weighted by Gasteiger charge is 2.11. The summed E-state index contributed by atoms with van der Waals surface area (Å²) in [4.78, 5) is 4.91. The summed E-state index contributed by atoms with van der Waals surface area (Å²) in [5.74, 6) is 2.91. The molecule has 4 heteroatoms. The standard InChI is InChI=1S/C26H28N2O2/c1-20-9-13-23(14-10-20)30-18-6-5-17-28-25-8-4-3-7-24(25)27-26(28)19-21-11-15-22(29-2)16-12-21/h3-4,7-16H,5-6,17-19H2,1-2H3. The molecule has 4 rings (SSSR count). The summed E-state index contributed by atoms with van der Waals surface area (Å²) in [5, 5.41) is 0. The van der Waals surface area contributed by atoms with E-state index in [1.54, 1.807) is 7.11 Å². The second-order valence-electron chi connectivity index (χ2n) is 7.56. The lowest BCUT2D eigenvalue weighted by Gasteiger charge is -2.11. The Morgan fingerprint density at radius 3 is 2.33 bits per heavy atom. The molecule has 0 aliphatic rings. The van der Waals surface area contributed by atoms with Crippen molar-refractivity contribution in [3.05, 3.63) is 89.7 Å². The van der Waals surface area contributed by atoms with Crippen LogP contribution in [0.25, 0.3) is 11.0 Å². The van der Waals surface area contributed by atoms with Crippen LogP contribution in [0.15, 0.2) is 72.8 Å². The molecule has 0 unspecified atom stereocenters.